The molecule has 1 saturated heterocycles. The van der Waals surface area contributed by atoms with Crippen molar-refractivity contribution in [3.05, 3.63) is 12.2 Å². The summed E-state index contributed by atoms with van der Waals surface area (Å²) >= 11 is 3.84. The van der Waals surface area contributed by atoms with Crippen LogP contribution in [0.15, 0.2) is 12.2 Å². The highest BCUT2D eigenvalue weighted by molar-refractivity contribution is 7.79. The fourth-order valence-corrected chi connectivity index (χ4v) is 2.08. The van der Waals surface area contributed by atoms with Gasteiger partial charge in [0.2, 0.25) is 11.8 Å². The van der Waals surface area contributed by atoms with Crippen LogP contribution in [-0.4, -0.2) is 16.1 Å². The van der Waals surface area contributed by atoms with E-state index in [1.54, 1.807) is 0 Å². The third kappa shape index (κ3) is 0.909. The van der Waals surface area contributed by atoms with Gasteiger partial charge >= 0.3 is 0 Å². The van der Waals surface area contributed by atoms with Gasteiger partial charge in [-0.3, -0.25) is 9.59 Å². The summed E-state index contributed by atoms with van der Waals surface area (Å²) in [5.74, 6) is -0.560. The van der Waals surface area contributed by atoms with Crippen molar-refractivity contribution in [1.29, 1.82) is 0 Å². The number of carbonyl (C=O) groups excluding carboxylic acids is 2. The molecule has 0 aromatic carbocycles. The number of allylic oxidation sites excluding steroid dienone is 2. The maximum Gasteiger partial charge on any atom is 0.243 e. The molecule has 64 valence electrons. The molecule has 0 N–H and O–H groups in total. The standard InChI is InChI=1S/C8H9NO2S/c10-7-5-3-1-2-4-6(5)8(11)9(7)12/h1-2,5-6,12H,3-4H2. The lowest BCUT2D eigenvalue weighted by Crippen LogP contribution is -2.20. The maximum absolute atomic E-state index is 11.3. The molecule has 1 aliphatic heterocycles. The average molecular weight is 183 g/mol. The van der Waals surface area contributed by atoms with Crippen molar-refractivity contribution in [2.45, 2.75) is 12.8 Å². The molecule has 1 aliphatic carbocycles. The van der Waals surface area contributed by atoms with Crippen LogP contribution in [0.5, 0.6) is 0 Å². The third-order valence-corrected chi connectivity index (χ3v) is 2.88. The fraction of sp³-hybridized carbons (Fsp3) is 0.500. The van der Waals surface area contributed by atoms with Crippen molar-refractivity contribution in [3.8, 4) is 0 Å². The molecule has 3 nitrogen and oxygen atoms in total. The van der Waals surface area contributed by atoms with Crippen LogP contribution in [-0.2, 0) is 9.59 Å². The number of thiol groups is 1. The first kappa shape index (κ1) is 7.86. The molecular weight excluding hydrogens is 174 g/mol. The molecule has 1 heterocycles. The first-order chi connectivity index (χ1) is 5.72. The highest BCUT2D eigenvalue weighted by Gasteiger charge is 2.46. The molecule has 4 heteroatoms. The zero-order chi connectivity index (χ0) is 8.72. The summed E-state index contributed by atoms with van der Waals surface area (Å²) in [6.07, 6.45) is 5.29. The molecule has 12 heavy (non-hydrogen) atoms. The Labute approximate surface area is 76.0 Å². The first-order valence-corrected chi connectivity index (χ1v) is 4.33. The minimum Gasteiger partial charge on any atom is -0.273 e. The Morgan fingerprint density at radius 1 is 1.17 bits per heavy atom. The molecule has 0 spiro atoms. The molecule has 2 unspecified atom stereocenters. The minimum atomic E-state index is -0.141. The van der Waals surface area contributed by atoms with Crippen molar-refractivity contribution in [3.63, 3.8) is 0 Å². The van der Waals surface area contributed by atoms with Crippen LogP contribution in [0.1, 0.15) is 12.8 Å². The van der Waals surface area contributed by atoms with Gasteiger partial charge in [-0.15, -0.1) is 0 Å². The molecule has 0 radical (unpaired) electrons. The summed E-state index contributed by atoms with van der Waals surface area (Å²) < 4.78 is 0.961. The Hall–Kier alpha value is -0.770. The number of amides is 2. The third-order valence-electron chi connectivity index (χ3n) is 2.48. The van der Waals surface area contributed by atoms with Gasteiger partial charge in [-0.25, -0.2) is 4.31 Å². The van der Waals surface area contributed by atoms with E-state index in [1.807, 2.05) is 12.2 Å². The van der Waals surface area contributed by atoms with E-state index in [2.05, 4.69) is 12.8 Å². The van der Waals surface area contributed by atoms with Gasteiger partial charge in [-0.05, 0) is 12.8 Å². The van der Waals surface area contributed by atoms with Crippen LogP contribution < -0.4 is 0 Å². The Kier molecular flexibility index (Phi) is 1.72. The topological polar surface area (TPSA) is 37.4 Å². The van der Waals surface area contributed by atoms with E-state index in [4.69, 9.17) is 0 Å². The maximum atomic E-state index is 11.3. The van der Waals surface area contributed by atoms with E-state index in [-0.39, 0.29) is 23.7 Å². The first-order valence-electron chi connectivity index (χ1n) is 3.93. The van der Waals surface area contributed by atoms with Gasteiger partial charge in [0.25, 0.3) is 0 Å². The van der Waals surface area contributed by atoms with Crippen molar-refractivity contribution in [1.82, 2.24) is 4.31 Å². The van der Waals surface area contributed by atoms with E-state index >= 15 is 0 Å². The normalized spacial score (nSPS) is 34.2. The molecule has 0 bridgehead atoms. The number of carbonyl (C=O) groups is 2. The molecule has 2 aliphatic rings. The second-order valence-corrected chi connectivity index (χ2v) is 3.54. The summed E-state index contributed by atoms with van der Waals surface area (Å²) in [5, 5.41) is 0. The van der Waals surface area contributed by atoms with Gasteiger partial charge in [0.1, 0.15) is 0 Å². The largest absolute Gasteiger partial charge is 0.273 e. The number of imide groups is 1. The quantitative estimate of drug-likeness (QED) is 0.342. The predicted molar refractivity (Wildman–Crippen MR) is 46.2 cm³/mol. The zero-order valence-corrected chi connectivity index (χ0v) is 7.33. The number of rotatable bonds is 0. The summed E-state index contributed by atoms with van der Waals surface area (Å²) in [7, 11) is 0. The monoisotopic (exact) mass is 183 g/mol. The Balaban J connectivity index is 2.31. The van der Waals surface area contributed by atoms with Crippen molar-refractivity contribution >= 4 is 24.6 Å². The van der Waals surface area contributed by atoms with Gasteiger partial charge in [0.05, 0.1) is 11.8 Å². The van der Waals surface area contributed by atoms with Crippen LogP contribution in [0.25, 0.3) is 0 Å². The molecule has 1 fully saturated rings. The van der Waals surface area contributed by atoms with Gasteiger partial charge in [-0.2, -0.15) is 0 Å². The molecule has 2 amide bonds. The smallest absolute Gasteiger partial charge is 0.243 e. The van der Waals surface area contributed by atoms with Crippen LogP contribution in [0.2, 0.25) is 0 Å². The van der Waals surface area contributed by atoms with E-state index in [0.717, 1.165) is 4.31 Å². The van der Waals surface area contributed by atoms with E-state index in [9.17, 15) is 9.59 Å². The van der Waals surface area contributed by atoms with E-state index in [1.165, 1.54) is 0 Å². The molecule has 0 aromatic heterocycles. The Bertz CT molecular complexity index is 248. The van der Waals surface area contributed by atoms with Crippen molar-refractivity contribution in [2.75, 3.05) is 0 Å². The Morgan fingerprint density at radius 2 is 1.58 bits per heavy atom. The molecular formula is C8H9NO2S. The molecule has 2 rings (SSSR count). The van der Waals surface area contributed by atoms with Crippen molar-refractivity contribution < 1.29 is 9.59 Å². The van der Waals surface area contributed by atoms with Gasteiger partial charge < -0.3 is 0 Å². The fourth-order valence-electron chi connectivity index (χ4n) is 1.78. The van der Waals surface area contributed by atoms with E-state index in [0.29, 0.717) is 12.8 Å². The van der Waals surface area contributed by atoms with E-state index < -0.39 is 0 Å². The predicted octanol–water partition coefficient (Wildman–Crippen LogP) is 0.782. The number of hydrogen-bond donors (Lipinski definition) is 1. The SMILES string of the molecule is O=C1C2CC=CCC2C(=O)N1S. The number of hydrogen-bond acceptors (Lipinski definition) is 3. The number of nitrogens with zero attached hydrogens (tertiary/aromatic N) is 1. The second kappa shape index (κ2) is 2.62. The lowest BCUT2D eigenvalue weighted by Gasteiger charge is -2.14. The lowest BCUT2D eigenvalue weighted by atomic mass is 9.85. The molecule has 0 aromatic rings. The molecule has 0 saturated carbocycles. The van der Waals surface area contributed by atoms with Crippen LogP contribution in [0.4, 0.5) is 0 Å². The second-order valence-electron chi connectivity index (χ2n) is 3.14. The highest BCUT2D eigenvalue weighted by Crippen LogP contribution is 2.35. The highest BCUT2D eigenvalue weighted by atomic mass is 32.1. The summed E-state index contributed by atoms with van der Waals surface area (Å²) in [6.45, 7) is 0. The molecule has 2 atom stereocenters. The summed E-state index contributed by atoms with van der Waals surface area (Å²) in [6, 6.07) is 0. The van der Waals surface area contributed by atoms with Gasteiger partial charge in [0.15, 0.2) is 0 Å². The van der Waals surface area contributed by atoms with Gasteiger partial charge in [0, 0.05) is 0 Å². The van der Waals surface area contributed by atoms with Crippen LogP contribution >= 0.6 is 12.8 Å². The number of fused-ring (bicyclic) bond motifs is 1. The van der Waals surface area contributed by atoms with Crippen LogP contribution in [0.3, 0.4) is 0 Å². The zero-order valence-electron chi connectivity index (χ0n) is 6.43. The minimum absolute atomic E-state index is 0.139. The summed E-state index contributed by atoms with van der Waals surface area (Å²) in [4.78, 5) is 22.7. The Morgan fingerprint density at radius 3 is 2.00 bits per heavy atom. The lowest BCUT2D eigenvalue weighted by molar-refractivity contribution is -0.133. The summed E-state index contributed by atoms with van der Waals surface area (Å²) in [5.41, 5.74) is 0. The van der Waals surface area contributed by atoms with Gasteiger partial charge in [-0.1, -0.05) is 25.0 Å². The van der Waals surface area contributed by atoms with Crippen molar-refractivity contribution in [2.24, 2.45) is 11.8 Å². The van der Waals surface area contributed by atoms with Crippen LogP contribution in [0, 0.1) is 11.8 Å². The average Bonchev–Trinajstić information content (AvgIpc) is 2.33.